The van der Waals surface area contributed by atoms with Crippen molar-refractivity contribution in [2.45, 2.75) is 19.5 Å². The molecule has 0 amide bonds. The second-order valence-corrected chi connectivity index (χ2v) is 5.30. The van der Waals surface area contributed by atoms with Crippen LogP contribution in [0.2, 0.25) is 0 Å². The fourth-order valence-corrected chi connectivity index (χ4v) is 2.02. The molecule has 0 unspecified atom stereocenters. The van der Waals surface area contributed by atoms with Crippen LogP contribution in [0, 0.1) is 0 Å². The number of anilines is 1. The van der Waals surface area contributed by atoms with Crippen LogP contribution in [0.25, 0.3) is 0 Å². The van der Waals surface area contributed by atoms with Crippen LogP contribution in [0.5, 0.6) is 5.75 Å². The molecule has 0 atom stereocenters. The van der Waals surface area contributed by atoms with Crippen molar-refractivity contribution < 1.29 is 17.9 Å². The number of rotatable bonds is 8. The first-order valence-corrected chi connectivity index (χ1v) is 7.28. The van der Waals surface area contributed by atoms with Crippen molar-refractivity contribution in [1.29, 1.82) is 0 Å². The third-order valence-electron chi connectivity index (χ3n) is 2.26. The van der Waals surface area contributed by atoms with Gasteiger partial charge in [0, 0.05) is 12.2 Å². The summed E-state index contributed by atoms with van der Waals surface area (Å²) in [6.07, 6.45) is -3.24. The Balaban J connectivity index is 2.27. The highest BCUT2D eigenvalue weighted by atomic mass is 32.2. The molecule has 0 fully saturated rings. The Morgan fingerprint density at radius 3 is 2.47 bits per heavy atom. The first-order valence-electron chi connectivity index (χ1n) is 6.12. The number of halogens is 3. The minimum absolute atomic E-state index is 0.226. The molecule has 0 heterocycles. The van der Waals surface area contributed by atoms with E-state index in [0.29, 0.717) is 0 Å². The Morgan fingerprint density at radius 1 is 1.21 bits per heavy atom. The zero-order valence-electron chi connectivity index (χ0n) is 10.8. The molecular formula is C13H18F3NOS. The van der Waals surface area contributed by atoms with E-state index in [1.165, 1.54) is 12.1 Å². The monoisotopic (exact) mass is 293 g/mol. The third-order valence-corrected chi connectivity index (χ3v) is 3.24. The standard InChI is InChI=1S/C13H18F3NOS/c1-2-19-9-3-8-17-11-4-6-12(7-5-11)18-10-13(14,15)16/h4-7,17H,2-3,8-10H2,1H3. The molecule has 1 N–H and O–H groups in total. The van der Waals surface area contributed by atoms with Gasteiger partial charge in [-0.15, -0.1) is 0 Å². The molecular weight excluding hydrogens is 275 g/mol. The first-order chi connectivity index (χ1) is 9.01. The van der Waals surface area contributed by atoms with E-state index in [-0.39, 0.29) is 5.75 Å². The maximum Gasteiger partial charge on any atom is 0.422 e. The summed E-state index contributed by atoms with van der Waals surface area (Å²) in [5, 5.41) is 3.21. The van der Waals surface area contributed by atoms with Crippen molar-refractivity contribution in [3.63, 3.8) is 0 Å². The van der Waals surface area contributed by atoms with E-state index in [4.69, 9.17) is 0 Å². The van der Waals surface area contributed by atoms with Gasteiger partial charge in [0.25, 0.3) is 0 Å². The molecule has 19 heavy (non-hydrogen) atoms. The van der Waals surface area contributed by atoms with Crippen LogP contribution in [-0.2, 0) is 0 Å². The molecule has 0 spiro atoms. The lowest BCUT2D eigenvalue weighted by Gasteiger charge is -2.10. The summed E-state index contributed by atoms with van der Waals surface area (Å²) < 4.78 is 40.5. The van der Waals surface area contributed by atoms with Crippen LogP contribution in [-0.4, -0.2) is 30.8 Å². The molecule has 0 aromatic heterocycles. The van der Waals surface area contributed by atoms with Crippen molar-refractivity contribution in [2.75, 3.05) is 30.0 Å². The molecule has 1 aromatic rings. The number of hydrogen-bond donors (Lipinski definition) is 1. The van der Waals surface area contributed by atoms with Crippen LogP contribution < -0.4 is 10.1 Å². The van der Waals surface area contributed by atoms with Crippen LogP contribution in [0.4, 0.5) is 18.9 Å². The number of benzene rings is 1. The van der Waals surface area contributed by atoms with E-state index < -0.39 is 12.8 Å². The van der Waals surface area contributed by atoms with E-state index in [0.717, 1.165) is 30.2 Å². The lowest BCUT2D eigenvalue weighted by molar-refractivity contribution is -0.153. The van der Waals surface area contributed by atoms with Crippen LogP contribution in [0.3, 0.4) is 0 Å². The lowest BCUT2D eigenvalue weighted by Crippen LogP contribution is -2.19. The highest BCUT2D eigenvalue weighted by Crippen LogP contribution is 2.20. The topological polar surface area (TPSA) is 21.3 Å². The van der Waals surface area contributed by atoms with Crippen molar-refractivity contribution in [3.05, 3.63) is 24.3 Å². The van der Waals surface area contributed by atoms with Crippen molar-refractivity contribution in [1.82, 2.24) is 0 Å². The summed E-state index contributed by atoms with van der Waals surface area (Å²) in [4.78, 5) is 0. The Labute approximate surface area is 115 Å². The Morgan fingerprint density at radius 2 is 1.89 bits per heavy atom. The molecule has 0 aliphatic rings. The van der Waals surface area contributed by atoms with Gasteiger partial charge >= 0.3 is 6.18 Å². The third kappa shape index (κ3) is 7.87. The zero-order chi connectivity index (χ0) is 14.1. The van der Waals surface area contributed by atoms with Crippen molar-refractivity contribution >= 4 is 17.4 Å². The van der Waals surface area contributed by atoms with E-state index in [2.05, 4.69) is 17.0 Å². The second kappa shape index (κ2) is 8.19. The predicted molar refractivity (Wildman–Crippen MR) is 74.1 cm³/mol. The summed E-state index contributed by atoms with van der Waals surface area (Å²) in [5.41, 5.74) is 0.890. The number of thioether (sulfide) groups is 1. The number of hydrogen-bond acceptors (Lipinski definition) is 3. The minimum atomic E-state index is -4.30. The van der Waals surface area contributed by atoms with Gasteiger partial charge in [0.1, 0.15) is 5.75 Å². The quantitative estimate of drug-likeness (QED) is 0.726. The highest BCUT2D eigenvalue weighted by molar-refractivity contribution is 7.99. The smallest absolute Gasteiger partial charge is 0.422 e. The van der Waals surface area contributed by atoms with Crippen molar-refractivity contribution in [3.8, 4) is 5.75 Å². The lowest BCUT2D eigenvalue weighted by atomic mass is 10.3. The van der Waals surface area contributed by atoms with Gasteiger partial charge in [-0.1, -0.05) is 6.92 Å². The summed E-state index contributed by atoms with van der Waals surface area (Å²) in [6.45, 7) is 1.72. The van der Waals surface area contributed by atoms with Gasteiger partial charge in [-0.2, -0.15) is 24.9 Å². The molecule has 0 saturated carbocycles. The van der Waals surface area contributed by atoms with Gasteiger partial charge in [0.2, 0.25) is 0 Å². The molecule has 0 bridgehead atoms. The van der Waals surface area contributed by atoms with Crippen LogP contribution >= 0.6 is 11.8 Å². The second-order valence-electron chi connectivity index (χ2n) is 3.91. The van der Waals surface area contributed by atoms with Gasteiger partial charge in [0.15, 0.2) is 6.61 Å². The maximum absolute atomic E-state index is 11.9. The predicted octanol–water partition coefficient (Wildman–Crippen LogP) is 4.18. The zero-order valence-corrected chi connectivity index (χ0v) is 11.6. The van der Waals surface area contributed by atoms with E-state index in [1.807, 2.05) is 11.8 Å². The first kappa shape index (κ1) is 16.0. The molecule has 0 aliphatic heterocycles. The average Bonchev–Trinajstić information content (AvgIpc) is 2.37. The molecule has 0 radical (unpaired) electrons. The van der Waals surface area contributed by atoms with Gasteiger partial charge in [-0.3, -0.25) is 0 Å². The fraction of sp³-hybridized carbons (Fsp3) is 0.538. The normalized spacial score (nSPS) is 11.4. The van der Waals surface area contributed by atoms with Crippen LogP contribution in [0.15, 0.2) is 24.3 Å². The minimum Gasteiger partial charge on any atom is -0.484 e. The summed E-state index contributed by atoms with van der Waals surface area (Å²) in [6, 6.07) is 6.51. The van der Waals surface area contributed by atoms with Gasteiger partial charge < -0.3 is 10.1 Å². The molecule has 0 saturated heterocycles. The molecule has 6 heteroatoms. The molecule has 108 valence electrons. The Bertz CT molecular complexity index is 354. The molecule has 1 aromatic carbocycles. The highest BCUT2D eigenvalue weighted by Gasteiger charge is 2.28. The van der Waals surface area contributed by atoms with Gasteiger partial charge in [-0.05, 0) is 42.2 Å². The summed E-state index contributed by atoms with van der Waals surface area (Å²) in [7, 11) is 0. The average molecular weight is 293 g/mol. The number of alkyl halides is 3. The van der Waals surface area contributed by atoms with E-state index in [1.54, 1.807) is 12.1 Å². The SMILES string of the molecule is CCSCCCNc1ccc(OCC(F)(F)F)cc1. The van der Waals surface area contributed by atoms with E-state index in [9.17, 15) is 13.2 Å². The number of ether oxygens (including phenoxy) is 1. The van der Waals surface area contributed by atoms with Gasteiger partial charge in [-0.25, -0.2) is 0 Å². The van der Waals surface area contributed by atoms with E-state index >= 15 is 0 Å². The Hall–Kier alpha value is -1.04. The summed E-state index contributed by atoms with van der Waals surface area (Å²) >= 11 is 1.89. The largest absolute Gasteiger partial charge is 0.484 e. The Kier molecular flexibility index (Phi) is 6.91. The molecule has 2 nitrogen and oxygen atoms in total. The van der Waals surface area contributed by atoms with Crippen LogP contribution in [0.1, 0.15) is 13.3 Å². The molecule has 0 aliphatic carbocycles. The van der Waals surface area contributed by atoms with Gasteiger partial charge in [0.05, 0.1) is 0 Å². The van der Waals surface area contributed by atoms with Crippen molar-refractivity contribution in [2.24, 2.45) is 0 Å². The summed E-state index contributed by atoms with van der Waals surface area (Å²) in [5.74, 6) is 2.45. The maximum atomic E-state index is 11.9. The number of nitrogens with one attached hydrogen (secondary N) is 1. The fourth-order valence-electron chi connectivity index (χ4n) is 1.39. The molecule has 1 rings (SSSR count).